The minimum atomic E-state index is 0.739. The quantitative estimate of drug-likeness (QED) is 0.0306. The molecule has 0 unspecified atom stereocenters. The van der Waals surface area contributed by atoms with Crippen LogP contribution in [0.1, 0.15) is 211 Å². The second-order valence-electron chi connectivity index (χ2n) is 15.0. The van der Waals surface area contributed by atoms with Crippen LogP contribution in [-0.2, 0) is 6.42 Å². The molecule has 0 aromatic heterocycles. The third-order valence-electron chi connectivity index (χ3n) is 10.2. The Labute approximate surface area is 322 Å². The van der Waals surface area contributed by atoms with E-state index in [-0.39, 0.29) is 0 Å². The molecule has 0 fully saturated rings. The summed E-state index contributed by atoms with van der Waals surface area (Å²) in [5, 5.41) is 0. The number of thiocarbonyl (C=S) groups is 1. The molecule has 0 aliphatic heterocycles. The van der Waals surface area contributed by atoms with Gasteiger partial charge in [0.25, 0.3) is 0 Å². The molecule has 0 aliphatic rings. The van der Waals surface area contributed by atoms with E-state index >= 15 is 0 Å². The highest BCUT2D eigenvalue weighted by Gasteiger charge is 2.08. The molecule has 0 aliphatic carbocycles. The Morgan fingerprint density at radius 1 is 0.471 bits per heavy atom. The average molecular weight is 719 g/mol. The van der Waals surface area contributed by atoms with Gasteiger partial charge in [-0.3, -0.25) is 0 Å². The highest BCUT2D eigenvalue weighted by atomic mass is 32.1. The fourth-order valence-electron chi connectivity index (χ4n) is 6.86. The molecule has 0 radical (unpaired) electrons. The van der Waals surface area contributed by atoms with Crippen molar-refractivity contribution in [3.05, 3.63) is 65.2 Å². The van der Waals surface area contributed by atoms with Gasteiger partial charge in [-0.2, -0.15) is 0 Å². The van der Waals surface area contributed by atoms with Gasteiger partial charge in [0, 0.05) is 4.86 Å². The number of allylic oxidation sites excluding steroid dienone is 1. The zero-order chi connectivity index (χ0) is 36.5. The number of benzene rings is 2. The topological polar surface area (TPSA) is 18.5 Å². The molecular formula is C48H78O2S. The number of rotatable bonds is 35. The van der Waals surface area contributed by atoms with Crippen molar-refractivity contribution in [1.29, 1.82) is 0 Å². The summed E-state index contributed by atoms with van der Waals surface area (Å²) in [5.74, 6) is 1.73. The summed E-state index contributed by atoms with van der Waals surface area (Å²) in [6.07, 6.45) is 41.7. The number of aryl methyl sites for hydroxylation is 1. The average Bonchev–Trinajstić information content (AvgIpc) is 3.15. The summed E-state index contributed by atoms with van der Waals surface area (Å²) in [6.45, 7) is 8.29. The molecular weight excluding hydrogens is 641 g/mol. The molecule has 51 heavy (non-hydrogen) atoms. The first-order valence-corrected chi connectivity index (χ1v) is 22.3. The van der Waals surface area contributed by atoms with Crippen molar-refractivity contribution in [3.63, 3.8) is 0 Å². The van der Waals surface area contributed by atoms with Crippen molar-refractivity contribution in [2.75, 3.05) is 13.2 Å². The number of hydrogen-bond donors (Lipinski definition) is 0. The van der Waals surface area contributed by atoms with Gasteiger partial charge in [0.05, 0.1) is 13.2 Å². The van der Waals surface area contributed by atoms with E-state index in [2.05, 4.69) is 69.3 Å². The number of unbranched alkanes of at least 4 members (excludes halogenated alkanes) is 24. The largest absolute Gasteiger partial charge is 0.490 e. The van der Waals surface area contributed by atoms with Gasteiger partial charge in [-0.1, -0.05) is 230 Å². The fourth-order valence-corrected chi connectivity index (χ4v) is 7.06. The van der Waals surface area contributed by atoms with Crippen LogP contribution < -0.4 is 9.47 Å². The lowest BCUT2D eigenvalue weighted by molar-refractivity contribution is 0.258. The van der Waals surface area contributed by atoms with E-state index in [0.717, 1.165) is 66.4 Å². The normalized spacial score (nSPS) is 11.4. The van der Waals surface area contributed by atoms with Gasteiger partial charge < -0.3 is 9.47 Å². The van der Waals surface area contributed by atoms with E-state index in [1.165, 1.54) is 160 Å². The maximum Gasteiger partial charge on any atom is 0.161 e. The van der Waals surface area contributed by atoms with Gasteiger partial charge in [-0.05, 0) is 54.2 Å². The van der Waals surface area contributed by atoms with Gasteiger partial charge in [0.2, 0.25) is 0 Å². The molecule has 0 heterocycles. The summed E-state index contributed by atoms with van der Waals surface area (Å²) in [5.41, 5.74) is 3.55. The lowest BCUT2D eigenvalue weighted by Gasteiger charge is -2.14. The van der Waals surface area contributed by atoms with E-state index < -0.39 is 0 Å². The summed E-state index contributed by atoms with van der Waals surface area (Å²) < 4.78 is 12.7. The Kier molecular flexibility index (Phi) is 28.7. The van der Waals surface area contributed by atoms with E-state index in [1.807, 2.05) is 6.08 Å². The van der Waals surface area contributed by atoms with Crippen LogP contribution in [0.2, 0.25) is 0 Å². The van der Waals surface area contributed by atoms with Gasteiger partial charge in [0.15, 0.2) is 11.5 Å². The monoisotopic (exact) mass is 719 g/mol. The highest BCUT2D eigenvalue weighted by Crippen LogP contribution is 2.30. The first kappa shape index (κ1) is 45.0. The van der Waals surface area contributed by atoms with Crippen LogP contribution >= 0.6 is 12.2 Å². The van der Waals surface area contributed by atoms with Crippen LogP contribution in [0.15, 0.2) is 48.5 Å². The first-order valence-electron chi connectivity index (χ1n) is 21.9. The van der Waals surface area contributed by atoms with Gasteiger partial charge in [-0.25, -0.2) is 0 Å². The Bertz CT molecular complexity index is 1120. The van der Waals surface area contributed by atoms with Crippen molar-refractivity contribution in [2.45, 2.75) is 201 Å². The van der Waals surface area contributed by atoms with E-state index in [1.54, 1.807) is 0 Å². The Morgan fingerprint density at radius 2 is 0.882 bits per heavy atom. The summed E-state index contributed by atoms with van der Waals surface area (Å²) >= 11 is 5.76. The van der Waals surface area contributed by atoms with Crippen LogP contribution in [0.5, 0.6) is 11.5 Å². The fraction of sp³-hybridized carbons (Fsp3) is 0.688. The first-order chi connectivity index (χ1) is 25.2. The summed E-state index contributed by atoms with van der Waals surface area (Å²) in [7, 11) is 0. The van der Waals surface area contributed by atoms with Crippen LogP contribution in [0, 0.1) is 0 Å². The van der Waals surface area contributed by atoms with Gasteiger partial charge >= 0.3 is 0 Å². The van der Waals surface area contributed by atoms with Gasteiger partial charge in [0.1, 0.15) is 0 Å². The smallest absolute Gasteiger partial charge is 0.161 e. The molecule has 2 aromatic carbocycles. The second-order valence-corrected chi connectivity index (χ2v) is 15.5. The van der Waals surface area contributed by atoms with Crippen LogP contribution in [0.25, 0.3) is 6.08 Å². The van der Waals surface area contributed by atoms with Crippen LogP contribution in [-0.4, -0.2) is 18.1 Å². The molecule has 288 valence electrons. The molecule has 2 rings (SSSR count). The molecule has 0 saturated carbocycles. The van der Waals surface area contributed by atoms with Crippen molar-refractivity contribution < 1.29 is 9.47 Å². The van der Waals surface area contributed by atoms with E-state index in [9.17, 15) is 0 Å². The molecule has 3 heteroatoms. The van der Waals surface area contributed by atoms with Crippen LogP contribution in [0.3, 0.4) is 0 Å². The molecule has 2 aromatic rings. The van der Waals surface area contributed by atoms with E-state index in [4.69, 9.17) is 21.7 Å². The molecule has 0 atom stereocenters. The zero-order valence-electron chi connectivity index (χ0n) is 33.6. The maximum atomic E-state index is 6.38. The zero-order valence-corrected chi connectivity index (χ0v) is 34.5. The third-order valence-corrected chi connectivity index (χ3v) is 10.6. The molecule has 0 N–H and O–H groups in total. The SMILES string of the molecule is CCCCCCCCCCCCCCCOc1ccc(C=CC(=S)c2ccc(CCC)cc2)cc1OCCCCCCCCCCCCCCC. The predicted octanol–water partition coefficient (Wildman–Crippen LogP) is 16.0. The number of hydrogen-bond acceptors (Lipinski definition) is 3. The van der Waals surface area contributed by atoms with Crippen molar-refractivity contribution in [3.8, 4) is 11.5 Å². The minimum Gasteiger partial charge on any atom is -0.490 e. The lowest BCUT2D eigenvalue weighted by atomic mass is 10.0. The Hall–Kier alpha value is -2.13. The molecule has 0 amide bonds. The van der Waals surface area contributed by atoms with Gasteiger partial charge in [-0.15, -0.1) is 0 Å². The summed E-state index contributed by atoms with van der Waals surface area (Å²) in [4.78, 5) is 0.857. The van der Waals surface area contributed by atoms with Crippen molar-refractivity contribution in [1.82, 2.24) is 0 Å². The number of ether oxygens (including phenoxy) is 2. The van der Waals surface area contributed by atoms with E-state index in [0.29, 0.717) is 0 Å². The highest BCUT2D eigenvalue weighted by molar-refractivity contribution is 7.81. The molecule has 0 saturated heterocycles. The van der Waals surface area contributed by atoms with Crippen LogP contribution in [0.4, 0.5) is 0 Å². The molecule has 0 bridgehead atoms. The Morgan fingerprint density at radius 3 is 1.31 bits per heavy atom. The molecule has 2 nitrogen and oxygen atoms in total. The minimum absolute atomic E-state index is 0.739. The Balaban J connectivity index is 1.75. The summed E-state index contributed by atoms with van der Waals surface area (Å²) in [6, 6.07) is 15.0. The maximum absolute atomic E-state index is 6.38. The van der Waals surface area contributed by atoms with Crippen molar-refractivity contribution >= 4 is 23.2 Å². The third kappa shape index (κ3) is 23.9. The van der Waals surface area contributed by atoms with Crippen molar-refractivity contribution in [2.24, 2.45) is 0 Å². The molecule has 0 spiro atoms. The lowest BCUT2D eigenvalue weighted by Crippen LogP contribution is -2.03. The predicted molar refractivity (Wildman–Crippen MR) is 230 cm³/mol. The standard InChI is InChI=1S/C48H78O2S/c1-4-7-9-11-13-15-17-19-21-23-25-27-29-40-49-46-38-34-44(35-39-48(51)45-36-32-43(31-6-3)33-37-45)42-47(46)50-41-30-28-26-24-22-20-18-16-14-12-10-8-5-2/h32-39,42H,4-31,40-41H2,1-3H3. The second kappa shape index (κ2) is 32.5.